The van der Waals surface area contributed by atoms with Gasteiger partial charge in [-0.15, -0.1) is 0 Å². The van der Waals surface area contributed by atoms with Gasteiger partial charge in [-0.2, -0.15) is 0 Å². The summed E-state index contributed by atoms with van der Waals surface area (Å²) in [5, 5.41) is 22.9. The Bertz CT molecular complexity index is 1380. The summed E-state index contributed by atoms with van der Waals surface area (Å²) < 4.78 is 10.3. The molecule has 0 aromatic carbocycles. The van der Waals surface area contributed by atoms with Crippen molar-refractivity contribution in [3.05, 3.63) is 54.4 Å². The quantitative estimate of drug-likeness (QED) is 0.441. The van der Waals surface area contributed by atoms with E-state index >= 15 is 0 Å². The molecule has 7 rings (SSSR count). The molecule has 4 aromatic heterocycles. The predicted molar refractivity (Wildman–Crippen MR) is 121 cm³/mol. The van der Waals surface area contributed by atoms with Gasteiger partial charge in [0.15, 0.2) is 0 Å². The third-order valence-electron chi connectivity index (χ3n) is 7.96. The van der Waals surface area contributed by atoms with Crippen molar-refractivity contribution in [3.63, 3.8) is 0 Å². The van der Waals surface area contributed by atoms with E-state index < -0.39 is 17.6 Å². The molecule has 2 aliphatic carbocycles. The first-order valence-electron chi connectivity index (χ1n) is 11.6. The van der Waals surface area contributed by atoms with Crippen molar-refractivity contribution in [1.82, 2.24) is 23.9 Å². The average molecular weight is 447 g/mol. The van der Waals surface area contributed by atoms with Crippen LogP contribution in [0, 0.1) is 5.41 Å². The number of aliphatic hydroxyl groups excluding tert-OH is 2. The summed E-state index contributed by atoms with van der Waals surface area (Å²) in [4.78, 5) is 13.0. The highest BCUT2D eigenvalue weighted by Gasteiger charge is 2.57. The number of imidazole rings is 1. The number of aromatic nitrogens is 5. The van der Waals surface area contributed by atoms with Crippen LogP contribution in [0.25, 0.3) is 16.7 Å². The van der Waals surface area contributed by atoms with E-state index in [1.54, 1.807) is 0 Å². The third kappa shape index (κ3) is 2.79. The highest BCUT2D eigenvalue weighted by atomic mass is 16.5. The van der Waals surface area contributed by atoms with Crippen LogP contribution in [-0.4, -0.2) is 52.9 Å². The third-order valence-corrected chi connectivity index (χ3v) is 7.96. The number of ether oxygens (including phenoxy) is 1. The topological polar surface area (TPSA) is 124 Å². The number of hydrogen-bond donors (Lipinski definition) is 3. The molecule has 9 heteroatoms. The second kappa shape index (κ2) is 6.75. The molecular weight excluding hydrogens is 420 g/mol. The average Bonchev–Trinajstić information content (AvgIpc) is 3.17. The van der Waals surface area contributed by atoms with Gasteiger partial charge in [0.1, 0.15) is 29.5 Å². The summed E-state index contributed by atoms with van der Waals surface area (Å²) >= 11 is 0. The lowest BCUT2D eigenvalue weighted by molar-refractivity contribution is -0.0309. The molecule has 33 heavy (non-hydrogen) atoms. The summed E-state index contributed by atoms with van der Waals surface area (Å²) in [5.74, 6) is 1.04. The minimum atomic E-state index is -0.921. The Labute approximate surface area is 189 Å². The molecule has 3 fully saturated rings. The molecule has 4 aromatic rings. The number of fused-ring (bicyclic) bond motifs is 2. The molecule has 2 saturated carbocycles. The SMILES string of the molecule is Nc1ncnc2c1ccn2[C@@H]1C[C@@]2(CO[C@@H](c3ccn4c(C5CC5)cnc4c3)C2)[C@@H](O)[C@H]1O. The lowest BCUT2D eigenvalue weighted by atomic mass is 9.80. The van der Waals surface area contributed by atoms with Crippen LogP contribution >= 0.6 is 0 Å². The van der Waals surface area contributed by atoms with Gasteiger partial charge in [0, 0.05) is 35.6 Å². The molecule has 3 aliphatic rings. The summed E-state index contributed by atoms with van der Waals surface area (Å²) in [7, 11) is 0. The monoisotopic (exact) mass is 446 g/mol. The molecule has 170 valence electrons. The molecule has 4 N–H and O–H groups in total. The first-order valence-corrected chi connectivity index (χ1v) is 11.6. The normalized spacial score (nSPS) is 31.9. The van der Waals surface area contributed by atoms with E-state index in [-0.39, 0.29) is 12.1 Å². The Morgan fingerprint density at radius 2 is 1.97 bits per heavy atom. The maximum atomic E-state index is 11.1. The van der Waals surface area contributed by atoms with Crippen molar-refractivity contribution in [1.29, 1.82) is 0 Å². The van der Waals surface area contributed by atoms with E-state index in [1.165, 1.54) is 24.9 Å². The molecular formula is C24H26N6O3. The van der Waals surface area contributed by atoms with E-state index in [4.69, 9.17) is 10.5 Å². The fraction of sp³-hybridized carbons (Fsp3) is 0.458. The van der Waals surface area contributed by atoms with E-state index in [1.807, 2.05) is 23.0 Å². The van der Waals surface area contributed by atoms with Gasteiger partial charge in [0.2, 0.25) is 0 Å². The maximum Gasteiger partial charge on any atom is 0.145 e. The van der Waals surface area contributed by atoms with Gasteiger partial charge >= 0.3 is 0 Å². The smallest absolute Gasteiger partial charge is 0.145 e. The largest absolute Gasteiger partial charge is 0.390 e. The summed E-state index contributed by atoms with van der Waals surface area (Å²) in [5.41, 5.74) is 9.40. The summed E-state index contributed by atoms with van der Waals surface area (Å²) in [6.07, 6.45) is 9.11. The number of hydrogen-bond acceptors (Lipinski definition) is 7. The standard InChI is InChI=1S/C24H26N6O3/c25-22-15-4-6-30(23(15)28-12-27-22)16-8-24(21(32)20(16)31)9-18(33-11-24)14-3-5-29-17(13-1-2-13)10-26-19(29)7-14/h3-7,10,12-13,16,18,20-21,31-32H,1-2,8-9,11H2,(H2,25,27,28)/t16-,18-,20+,21+,24-/m1/s1. The van der Waals surface area contributed by atoms with Gasteiger partial charge < -0.3 is 29.7 Å². The molecule has 0 bridgehead atoms. The Balaban J connectivity index is 1.18. The molecule has 1 saturated heterocycles. The van der Waals surface area contributed by atoms with Crippen LogP contribution in [0.3, 0.4) is 0 Å². The van der Waals surface area contributed by atoms with E-state index in [0.29, 0.717) is 36.8 Å². The van der Waals surface area contributed by atoms with Crippen LogP contribution in [0.4, 0.5) is 5.82 Å². The van der Waals surface area contributed by atoms with E-state index in [2.05, 4.69) is 37.7 Å². The van der Waals surface area contributed by atoms with Crippen molar-refractivity contribution in [3.8, 4) is 0 Å². The van der Waals surface area contributed by atoms with Crippen LogP contribution in [0.5, 0.6) is 0 Å². The highest BCUT2D eigenvalue weighted by molar-refractivity contribution is 5.86. The van der Waals surface area contributed by atoms with Gasteiger partial charge in [-0.3, -0.25) is 0 Å². The lowest BCUT2D eigenvalue weighted by Crippen LogP contribution is -2.37. The van der Waals surface area contributed by atoms with Crippen LogP contribution in [0.1, 0.15) is 55.0 Å². The van der Waals surface area contributed by atoms with Crippen molar-refractivity contribution in [2.45, 2.75) is 56.0 Å². The van der Waals surface area contributed by atoms with Crippen LogP contribution in [0.15, 0.2) is 43.1 Å². The zero-order chi connectivity index (χ0) is 22.3. The molecule has 1 spiro atoms. The van der Waals surface area contributed by atoms with Crippen LogP contribution in [-0.2, 0) is 4.74 Å². The Morgan fingerprint density at radius 1 is 1.09 bits per heavy atom. The van der Waals surface area contributed by atoms with Gasteiger partial charge in [0.25, 0.3) is 0 Å². The molecule has 5 atom stereocenters. The Morgan fingerprint density at radius 3 is 2.82 bits per heavy atom. The van der Waals surface area contributed by atoms with Gasteiger partial charge in [0.05, 0.1) is 30.2 Å². The van der Waals surface area contributed by atoms with Gasteiger partial charge in [-0.25, -0.2) is 15.0 Å². The maximum absolute atomic E-state index is 11.1. The molecule has 0 radical (unpaired) electrons. The Hall–Kier alpha value is -3.01. The second-order valence-electron chi connectivity index (χ2n) is 9.94. The number of nitrogens with two attached hydrogens (primary N) is 1. The fourth-order valence-electron chi connectivity index (χ4n) is 5.97. The molecule has 9 nitrogen and oxygen atoms in total. The number of nitrogen functional groups attached to an aromatic ring is 1. The van der Waals surface area contributed by atoms with E-state index in [9.17, 15) is 10.2 Å². The molecule has 0 amide bonds. The number of aliphatic hydroxyl groups is 2. The summed E-state index contributed by atoms with van der Waals surface area (Å²) in [6.45, 7) is 0.398. The Kier molecular flexibility index (Phi) is 3.98. The van der Waals surface area contributed by atoms with Crippen molar-refractivity contribution in [2.75, 3.05) is 12.3 Å². The number of anilines is 1. The van der Waals surface area contributed by atoms with Gasteiger partial charge in [-0.1, -0.05) is 0 Å². The van der Waals surface area contributed by atoms with Gasteiger partial charge in [-0.05, 0) is 49.4 Å². The molecule has 5 heterocycles. The van der Waals surface area contributed by atoms with Crippen molar-refractivity contribution in [2.24, 2.45) is 5.41 Å². The first-order chi connectivity index (χ1) is 16.0. The van der Waals surface area contributed by atoms with Crippen LogP contribution < -0.4 is 5.73 Å². The molecule has 1 aliphatic heterocycles. The minimum absolute atomic E-state index is 0.143. The fourth-order valence-corrected chi connectivity index (χ4v) is 5.97. The van der Waals surface area contributed by atoms with E-state index in [0.717, 1.165) is 16.6 Å². The number of nitrogens with zero attached hydrogens (tertiary/aromatic N) is 5. The molecule has 0 unspecified atom stereocenters. The second-order valence-corrected chi connectivity index (χ2v) is 9.94. The zero-order valence-corrected chi connectivity index (χ0v) is 18.1. The zero-order valence-electron chi connectivity index (χ0n) is 18.1. The van der Waals surface area contributed by atoms with Crippen LogP contribution in [0.2, 0.25) is 0 Å². The minimum Gasteiger partial charge on any atom is -0.390 e. The van der Waals surface area contributed by atoms with Crippen molar-refractivity contribution >= 4 is 22.5 Å². The number of rotatable bonds is 3. The predicted octanol–water partition coefficient (Wildman–Crippen LogP) is 2.35. The number of pyridine rings is 1. The first kappa shape index (κ1) is 19.5. The highest BCUT2D eigenvalue weighted by Crippen LogP contribution is 2.55. The van der Waals surface area contributed by atoms with Crippen molar-refractivity contribution < 1.29 is 14.9 Å². The lowest BCUT2D eigenvalue weighted by Gasteiger charge is -2.26. The summed E-state index contributed by atoms with van der Waals surface area (Å²) in [6, 6.07) is 5.73.